The SMILES string of the molecule is [2H]c1c([2H])c([2H])c2c(oc3c([2H])c([2H])c4c([2H])c([2H])c([2H])c([2H])c4c32)c1-c1c([2H])c(-c2c3c([2H])c([2H])c([2H])c([2H])c3c(-c3c([2H])c([2H])c([2H])c4c([2H])c([2H])c([2H])c([2H])c34)c3c([2H])c([2H])c([2H])c([2H])c23)c([2H])c2c([2H])c([2H])c([2H])c([2H])c12. The molecule has 0 aliphatic heterocycles. The summed E-state index contributed by atoms with van der Waals surface area (Å²) in [7, 11) is 0. The quantitative estimate of drug-likeness (QED) is 0.170. The molecule has 0 amide bonds. The summed E-state index contributed by atoms with van der Waals surface area (Å²) in [4.78, 5) is 0. The normalized spacial score (nSPS) is 20.2. The van der Waals surface area contributed by atoms with E-state index in [0.717, 1.165) is 0 Å². The minimum Gasteiger partial charge on any atom is -0.455 e. The van der Waals surface area contributed by atoms with Gasteiger partial charge in [-0.3, -0.25) is 0 Å². The molecule has 11 rings (SSSR count). The fourth-order valence-corrected chi connectivity index (χ4v) is 6.53. The number of hydrogen-bond donors (Lipinski definition) is 0. The van der Waals surface area contributed by atoms with E-state index in [9.17, 15) is 16.4 Å². The zero-order valence-corrected chi connectivity index (χ0v) is 25.4. The molecule has 0 spiro atoms. The van der Waals surface area contributed by atoms with E-state index < -0.39 is 290 Å². The lowest BCUT2D eigenvalue weighted by molar-refractivity contribution is 0.670. The van der Waals surface area contributed by atoms with Crippen molar-refractivity contribution in [2.24, 2.45) is 0 Å². The van der Waals surface area contributed by atoms with E-state index >= 15 is 0 Å². The number of furan rings is 1. The minimum atomic E-state index is -1.13. The highest BCUT2D eigenvalue weighted by molar-refractivity contribution is 6.25. The molecule has 0 bridgehead atoms. The number of rotatable bonds is 3. The third kappa shape index (κ3) is 4.16. The van der Waals surface area contributed by atoms with Gasteiger partial charge >= 0.3 is 0 Å². The molecule has 0 saturated carbocycles. The third-order valence-corrected chi connectivity index (χ3v) is 8.62. The van der Waals surface area contributed by atoms with Crippen LogP contribution in [0.5, 0.6) is 0 Å². The Balaban J connectivity index is 1.49. The predicted octanol–water partition coefficient (Wildman–Crippen LogP) is 14.4. The number of para-hydroxylation sites is 1. The van der Waals surface area contributed by atoms with Gasteiger partial charge in [-0.25, -0.2) is 0 Å². The van der Waals surface area contributed by atoms with Crippen molar-refractivity contribution in [1.29, 1.82) is 0 Å². The molecule has 1 heterocycles. The molecule has 1 heteroatoms. The summed E-state index contributed by atoms with van der Waals surface area (Å²) in [6.07, 6.45) is 0. The molecule has 0 atom stereocenters. The highest BCUT2D eigenvalue weighted by atomic mass is 16.3. The first-order valence-electron chi connectivity index (χ1n) is 30.2. The molecule has 10 aromatic carbocycles. The molecule has 0 aliphatic rings. The van der Waals surface area contributed by atoms with Crippen molar-refractivity contribution in [3.8, 4) is 33.4 Å². The third-order valence-electron chi connectivity index (χ3n) is 8.62. The van der Waals surface area contributed by atoms with Crippen LogP contribution in [0.15, 0.2) is 186 Å². The van der Waals surface area contributed by atoms with Gasteiger partial charge in [-0.2, -0.15) is 0 Å². The summed E-state index contributed by atoms with van der Waals surface area (Å²) in [6, 6.07) is -28.9. The van der Waals surface area contributed by atoms with Gasteiger partial charge in [0.05, 0.1) is 41.1 Å². The van der Waals surface area contributed by atoms with Gasteiger partial charge in [0, 0.05) is 16.3 Å². The van der Waals surface area contributed by atoms with Gasteiger partial charge in [0.1, 0.15) is 11.2 Å². The van der Waals surface area contributed by atoms with Crippen LogP contribution in [0.3, 0.4) is 0 Å². The van der Waals surface area contributed by atoms with Crippen LogP contribution in [0.25, 0.3) is 109 Å². The average Bonchev–Trinajstić information content (AvgIpc) is 1.97. The van der Waals surface area contributed by atoms with Crippen molar-refractivity contribution in [3.63, 3.8) is 0 Å². The Hall–Kier alpha value is -6.70. The summed E-state index contributed by atoms with van der Waals surface area (Å²) < 4.78 is 280. The molecule has 11 aromatic rings. The van der Waals surface area contributed by atoms with E-state index in [1.54, 1.807) is 0 Å². The van der Waals surface area contributed by atoms with Gasteiger partial charge in [-0.15, -0.1) is 0 Å². The molecule has 0 unspecified atom stereocenters. The van der Waals surface area contributed by atoms with Crippen LogP contribution in [0.2, 0.25) is 0 Å². The fourth-order valence-electron chi connectivity index (χ4n) is 6.53. The van der Waals surface area contributed by atoms with Crippen LogP contribution in [-0.2, 0) is 0 Å². The van der Waals surface area contributed by atoms with Crippen molar-refractivity contribution in [3.05, 3.63) is 181 Å². The maximum Gasteiger partial charge on any atom is 0.143 e. The Kier molecular flexibility index (Phi) is 2.50. The topological polar surface area (TPSA) is 13.1 Å². The minimum absolute atomic E-state index is 0.442. The maximum atomic E-state index is 10.4. The van der Waals surface area contributed by atoms with Crippen molar-refractivity contribution >= 4 is 75.8 Å². The van der Waals surface area contributed by atoms with Crippen molar-refractivity contribution in [2.45, 2.75) is 0 Å². The second-order valence-corrected chi connectivity index (χ2v) is 11.3. The van der Waals surface area contributed by atoms with Crippen LogP contribution >= 0.6 is 0 Å². The molecule has 1 nitrogen and oxygen atoms in total. The smallest absolute Gasteiger partial charge is 0.143 e. The summed E-state index contributed by atoms with van der Waals surface area (Å²) in [6.45, 7) is 0. The van der Waals surface area contributed by atoms with Crippen LogP contribution < -0.4 is 0 Å². The molecule has 51 heavy (non-hydrogen) atoms. The number of hydrogen-bond acceptors (Lipinski definition) is 1. The molecular formula is C50H30O. The molecule has 0 radical (unpaired) electrons. The number of benzene rings is 10. The van der Waals surface area contributed by atoms with E-state index in [1.165, 1.54) is 0 Å². The van der Waals surface area contributed by atoms with Crippen molar-refractivity contribution in [1.82, 2.24) is 0 Å². The van der Waals surface area contributed by atoms with Crippen LogP contribution in [-0.4, -0.2) is 0 Å². The molecule has 0 saturated heterocycles. The Morgan fingerprint density at radius 1 is 0.333 bits per heavy atom. The van der Waals surface area contributed by atoms with E-state index in [2.05, 4.69) is 0 Å². The molecule has 1 aromatic heterocycles. The van der Waals surface area contributed by atoms with Gasteiger partial charge in [-0.1, -0.05) is 163 Å². The van der Waals surface area contributed by atoms with Crippen LogP contribution in [0.1, 0.15) is 41.1 Å². The summed E-state index contributed by atoms with van der Waals surface area (Å²) in [5.74, 6) is 0. The van der Waals surface area contributed by atoms with E-state index in [-0.39, 0.29) is 0 Å². The van der Waals surface area contributed by atoms with Gasteiger partial charge in [-0.05, 0) is 99.8 Å². The lowest BCUT2D eigenvalue weighted by Crippen LogP contribution is -1.92. The number of fused-ring (bicyclic) bond motifs is 9. The molecule has 236 valence electrons. The average molecular weight is 677 g/mol. The zero-order chi connectivity index (χ0) is 59.6. The monoisotopic (exact) mass is 676 g/mol. The van der Waals surface area contributed by atoms with E-state index in [1.807, 2.05) is 0 Å². The summed E-state index contributed by atoms with van der Waals surface area (Å²) >= 11 is 0. The second kappa shape index (κ2) is 10.9. The van der Waals surface area contributed by atoms with E-state index in [4.69, 9.17) is 29.1 Å². The standard InChI is InChI=1S/C50H30O/c1-4-17-35-31(13-1)16-11-24-38(35)48-41-22-9-7-20-39(41)47(40-21-8-10-23-42(40)48)34-29-33-15-3-5-18-36(33)45(30-34)43-25-12-26-44-49-37-19-6-2-14-32(37)27-28-46(49)51-50(43)44/h1-30H/i1D,2D,3D,4D,5D,6D,7D,8D,9D,10D,11D,12D,13D,14D,15D,16D,17D,18D,19D,20D,21D,22D,23D,24D,25D,26D,27D,28D,29D,30D. The predicted molar refractivity (Wildman–Crippen MR) is 218 cm³/mol. The molecule has 0 N–H and O–H groups in total. The lowest BCUT2D eigenvalue weighted by atomic mass is 9.83. The van der Waals surface area contributed by atoms with Crippen LogP contribution in [0.4, 0.5) is 0 Å². The summed E-state index contributed by atoms with van der Waals surface area (Å²) in [5, 5.41) is -8.17. The fraction of sp³-hybridized carbons (Fsp3) is 0. The summed E-state index contributed by atoms with van der Waals surface area (Å²) in [5.41, 5.74) is -6.33. The van der Waals surface area contributed by atoms with Crippen molar-refractivity contribution < 1.29 is 45.5 Å². The highest BCUT2D eigenvalue weighted by Crippen LogP contribution is 2.48. The van der Waals surface area contributed by atoms with Gasteiger partial charge in [0.25, 0.3) is 0 Å². The first-order valence-corrected chi connectivity index (χ1v) is 15.2. The molecular weight excluding hydrogens is 617 g/mol. The Labute approximate surface area is 336 Å². The Morgan fingerprint density at radius 3 is 1.53 bits per heavy atom. The largest absolute Gasteiger partial charge is 0.455 e. The lowest BCUT2D eigenvalue weighted by Gasteiger charge is -2.20. The zero-order valence-electron chi connectivity index (χ0n) is 55.4. The highest BCUT2D eigenvalue weighted by Gasteiger charge is 2.21. The first-order chi connectivity index (χ1) is 37.8. The van der Waals surface area contributed by atoms with Crippen LogP contribution in [0, 0.1) is 0 Å². The first kappa shape index (κ1) is 11.7. The van der Waals surface area contributed by atoms with Gasteiger partial charge in [0.2, 0.25) is 0 Å². The maximum absolute atomic E-state index is 10.4. The molecule has 0 aliphatic carbocycles. The van der Waals surface area contributed by atoms with Gasteiger partial charge in [0.15, 0.2) is 0 Å². The van der Waals surface area contributed by atoms with Crippen molar-refractivity contribution in [2.75, 3.05) is 0 Å². The van der Waals surface area contributed by atoms with E-state index in [0.29, 0.717) is 0 Å². The molecule has 0 fully saturated rings. The Bertz CT molecular complexity index is 4840. The Morgan fingerprint density at radius 2 is 0.824 bits per heavy atom. The van der Waals surface area contributed by atoms with Gasteiger partial charge < -0.3 is 4.42 Å². The second-order valence-electron chi connectivity index (χ2n) is 11.3.